The first-order valence-corrected chi connectivity index (χ1v) is 10.1. The zero-order chi connectivity index (χ0) is 21.3. The van der Waals surface area contributed by atoms with E-state index in [0.717, 1.165) is 4.57 Å². The highest BCUT2D eigenvalue weighted by molar-refractivity contribution is 7.92. The Hall–Kier alpha value is -3.40. The number of fused-ring (bicyclic) bond motifs is 1. The quantitative estimate of drug-likeness (QED) is 0.493. The zero-order valence-corrected chi connectivity index (χ0v) is 16.8. The van der Waals surface area contributed by atoms with Crippen molar-refractivity contribution in [2.45, 2.75) is 11.8 Å². The van der Waals surface area contributed by atoms with E-state index < -0.39 is 27.1 Å². The van der Waals surface area contributed by atoms with Crippen molar-refractivity contribution in [2.75, 3.05) is 11.3 Å². The van der Waals surface area contributed by atoms with Crippen molar-refractivity contribution in [3.05, 3.63) is 68.7 Å². The number of rotatable bonds is 5. The van der Waals surface area contributed by atoms with Gasteiger partial charge in [0.05, 0.1) is 28.1 Å². The molecule has 0 saturated carbocycles. The van der Waals surface area contributed by atoms with Gasteiger partial charge in [0, 0.05) is 19.8 Å². The van der Waals surface area contributed by atoms with Gasteiger partial charge in [-0.25, -0.2) is 13.2 Å². The van der Waals surface area contributed by atoms with E-state index >= 15 is 0 Å². The Morgan fingerprint density at radius 3 is 2.31 bits per heavy atom. The largest absolute Gasteiger partial charge is 0.462 e. The van der Waals surface area contributed by atoms with Crippen LogP contribution in [0.1, 0.15) is 17.3 Å². The van der Waals surface area contributed by atoms with Crippen LogP contribution < -0.4 is 15.8 Å². The topological polar surface area (TPSA) is 116 Å². The van der Waals surface area contributed by atoms with E-state index in [9.17, 15) is 22.8 Å². The molecule has 0 spiro atoms. The van der Waals surface area contributed by atoms with Crippen molar-refractivity contribution in [2.24, 2.45) is 14.1 Å². The van der Waals surface area contributed by atoms with Gasteiger partial charge in [-0.1, -0.05) is 6.07 Å². The third kappa shape index (κ3) is 3.79. The predicted octanol–water partition coefficient (Wildman–Crippen LogP) is 1.21. The molecule has 0 aliphatic heterocycles. The SMILES string of the molecule is CCOC(=O)c1cccc(NS(=O)(=O)c2ccc3c(c2)n(C)c(=O)c(=O)n3C)c1. The molecule has 0 fully saturated rings. The fraction of sp³-hybridized carbons (Fsp3) is 0.211. The molecule has 0 aliphatic rings. The third-order valence-electron chi connectivity index (χ3n) is 4.40. The van der Waals surface area contributed by atoms with Gasteiger partial charge in [0.2, 0.25) is 0 Å². The minimum absolute atomic E-state index is 0.0970. The van der Waals surface area contributed by atoms with E-state index in [-0.39, 0.29) is 22.8 Å². The molecule has 0 atom stereocenters. The van der Waals surface area contributed by atoms with Gasteiger partial charge in [0.1, 0.15) is 0 Å². The third-order valence-corrected chi connectivity index (χ3v) is 5.78. The number of sulfonamides is 1. The lowest BCUT2D eigenvalue weighted by molar-refractivity contribution is 0.0526. The molecule has 152 valence electrons. The summed E-state index contributed by atoms with van der Waals surface area (Å²) in [5, 5.41) is 0. The molecule has 0 amide bonds. The van der Waals surface area contributed by atoms with Crippen LogP contribution in [0.5, 0.6) is 0 Å². The van der Waals surface area contributed by atoms with Crippen molar-refractivity contribution in [3.8, 4) is 0 Å². The second-order valence-corrected chi connectivity index (χ2v) is 7.97. The Morgan fingerprint density at radius 2 is 1.66 bits per heavy atom. The molecular weight excluding hydrogens is 398 g/mol. The van der Waals surface area contributed by atoms with Crippen molar-refractivity contribution in [1.82, 2.24) is 9.13 Å². The maximum absolute atomic E-state index is 12.8. The number of benzene rings is 2. The van der Waals surface area contributed by atoms with Gasteiger partial charge in [-0.15, -0.1) is 0 Å². The number of anilines is 1. The van der Waals surface area contributed by atoms with E-state index in [2.05, 4.69) is 4.72 Å². The molecule has 0 bridgehead atoms. The first-order valence-electron chi connectivity index (χ1n) is 8.65. The van der Waals surface area contributed by atoms with Crippen LogP contribution in [0.15, 0.2) is 56.9 Å². The van der Waals surface area contributed by atoms with E-state index in [1.807, 2.05) is 0 Å². The molecule has 3 rings (SSSR count). The summed E-state index contributed by atoms with van der Waals surface area (Å²) in [6.07, 6.45) is 0. The standard InChI is InChI=1S/C19H19N3O6S/c1-4-28-19(25)12-6-5-7-13(10-12)20-29(26,27)14-8-9-15-16(11-14)22(3)18(24)17(23)21(15)2/h5-11,20H,4H2,1-3H3. The summed E-state index contributed by atoms with van der Waals surface area (Å²) in [6.45, 7) is 1.88. The maximum Gasteiger partial charge on any atom is 0.338 e. The second-order valence-electron chi connectivity index (χ2n) is 6.29. The normalized spacial score (nSPS) is 11.4. The first-order chi connectivity index (χ1) is 13.7. The van der Waals surface area contributed by atoms with E-state index in [1.54, 1.807) is 6.92 Å². The summed E-state index contributed by atoms with van der Waals surface area (Å²) in [5.74, 6) is -0.560. The van der Waals surface area contributed by atoms with Crippen LogP contribution in [-0.4, -0.2) is 30.1 Å². The molecule has 1 aromatic heterocycles. The molecular formula is C19H19N3O6S. The highest BCUT2D eigenvalue weighted by Crippen LogP contribution is 2.21. The number of carbonyl (C=O) groups excluding carboxylic acids is 1. The molecule has 3 aromatic rings. The Balaban J connectivity index is 2.03. The molecule has 0 radical (unpaired) electrons. The summed E-state index contributed by atoms with van der Waals surface area (Å²) < 4.78 is 35.2. The van der Waals surface area contributed by atoms with Gasteiger partial charge in [-0.05, 0) is 43.3 Å². The number of aromatic nitrogens is 2. The summed E-state index contributed by atoms with van der Waals surface area (Å²) in [6, 6.07) is 10.0. The minimum atomic E-state index is -4.02. The van der Waals surface area contributed by atoms with Gasteiger partial charge in [-0.3, -0.25) is 14.3 Å². The fourth-order valence-electron chi connectivity index (χ4n) is 2.87. The number of nitrogens with one attached hydrogen (secondary N) is 1. The number of aryl methyl sites for hydroxylation is 2. The lowest BCUT2D eigenvalue weighted by atomic mass is 10.2. The van der Waals surface area contributed by atoms with Crippen LogP contribution in [-0.2, 0) is 28.9 Å². The Morgan fingerprint density at radius 1 is 1.00 bits per heavy atom. The number of carbonyl (C=O) groups is 1. The number of esters is 1. The number of ether oxygens (including phenoxy) is 1. The average Bonchev–Trinajstić information content (AvgIpc) is 2.70. The van der Waals surface area contributed by atoms with Crippen molar-refractivity contribution >= 4 is 32.7 Å². The molecule has 10 heteroatoms. The predicted molar refractivity (Wildman–Crippen MR) is 108 cm³/mol. The molecule has 9 nitrogen and oxygen atoms in total. The fourth-order valence-corrected chi connectivity index (χ4v) is 3.94. The highest BCUT2D eigenvalue weighted by atomic mass is 32.2. The van der Waals surface area contributed by atoms with Crippen LogP contribution >= 0.6 is 0 Å². The molecule has 2 aromatic carbocycles. The van der Waals surface area contributed by atoms with Gasteiger partial charge in [0.25, 0.3) is 10.0 Å². The summed E-state index contributed by atoms with van der Waals surface area (Å²) in [5.41, 5.74) is -0.359. The van der Waals surface area contributed by atoms with Crippen molar-refractivity contribution in [3.63, 3.8) is 0 Å². The van der Waals surface area contributed by atoms with Crippen molar-refractivity contribution in [1.29, 1.82) is 0 Å². The van der Waals surface area contributed by atoms with E-state index in [0.29, 0.717) is 11.0 Å². The van der Waals surface area contributed by atoms with Crippen LogP contribution in [0.2, 0.25) is 0 Å². The van der Waals surface area contributed by atoms with Gasteiger partial charge in [0.15, 0.2) is 0 Å². The van der Waals surface area contributed by atoms with Crippen LogP contribution in [0.4, 0.5) is 5.69 Å². The maximum atomic E-state index is 12.8. The lowest BCUT2D eigenvalue weighted by Crippen LogP contribution is -2.39. The Kier molecular flexibility index (Phi) is 5.29. The molecule has 1 N–H and O–H groups in total. The molecule has 0 unspecified atom stereocenters. The number of nitrogens with zero attached hydrogens (tertiary/aromatic N) is 2. The second kappa shape index (κ2) is 7.55. The monoisotopic (exact) mass is 417 g/mol. The first kappa shape index (κ1) is 20.3. The average molecular weight is 417 g/mol. The summed E-state index contributed by atoms with van der Waals surface area (Å²) >= 11 is 0. The van der Waals surface area contributed by atoms with Gasteiger partial charge < -0.3 is 13.9 Å². The number of hydrogen-bond acceptors (Lipinski definition) is 6. The Bertz CT molecular complexity index is 1340. The molecule has 29 heavy (non-hydrogen) atoms. The molecule has 0 aliphatic carbocycles. The highest BCUT2D eigenvalue weighted by Gasteiger charge is 2.18. The molecule has 0 saturated heterocycles. The zero-order valence-electron chi connectivity index (χ0n) is 16.0. The summed E-state index contributed by atoms with van der Waals surface area (Å²) in [7, 11) is -1.17. The smallest absolute Gasteiger partial charge is 0.338 e. The molecule has 1 heterocycles. The van der Waals surface area contributed by atoms with E-state index in [4.69, 9.17) is 4.74 Å². The minimum Gasteiger partial charge on any atom is -0.462 e. The van der Waals surface area contributed by atoms with Gasteiger partial charge in [-0.2, -0.15) is 0 Å². The summed E-state index contributed by atoms with van der Waals surface area (Å²) in [4.78, 5) is 35.7. The number of hydrogen-bond donors (Lipinski definition) is 1. The Labute approximate surface area is 166 Å². The lowest BCUT2D eigenvalue weighted by Gasteiger charge is -2.12. The van der Waals surface area contributed by atoms with Gasteiger partial charge >= 0.3 is 17.1 Å². The van der Waals surface area contributed by atoms with E-state index in [1.165, 1.54) is 61.1 Å². The van der Waals surface area contributed by atoms with Crippen LogP contribution in [0.25, 0.3) is 11.0 Å². The van der Waals surface area contributed by atoms with Crippen LogP contribution in [0.3, 0.4) is 0 Å². The van der Waals surface area contributed by atoms with Crippen LogP contribution in [0, 0.1) is 0 Å². The van der Waals surface area contributed by atoms with Crippen molar-refractivity contribution < 1.29 is 17.9 Å².